The highest BCUT2D eigenvalue weighted by Gasteiger charge is 2.34. The van der Waals surface area contributed by atoms with Crippen molar-refractivity contribution in [1.82, 2.24) is 0 Å². The van der Waals surface area contributed by atoms with Crippen LogP contribution in [0.15, 0.2) is 27.9 Å². The van der Waals surface area contributed by atoms with Crippen LogP contribution in [0.25, 0.3) is 0 Å². The normalized spacial score (nSPS) is 19.1. The first-order chi connectivity index (χ1) is 14.5. The maximum Gasteiger partial charge on any atom is 0.199 e. The van der Waals surface area contributed by atoms with E-state index in [0.29, 0.717) is 23.5 Å². The lowest BCUT2D eigenvalue weighted by molar-refractivity contribution is -0.116. The lowest BCUT2D eigenvalue weighted by atomic mass is 9.85. The van der Waals surface area contributed by atoms with Crippen molar-refractivity contribution in [2.75, 3.05) is 5.75 Å². The zero-order chi connectivity index (χ0) is 22.6. The molecular weight excluding hydrogens is 417 g/mol. The lowest BCUT2D eigenvalue weighted by Gasteiger charge is -2.20. The van der Waals surface area contributed by atoms with E-state index >= 15 is 0 Å². The van der Waals surface area contributed by atoms with Gasteiger partial charge < -0.3 is 9.52 Å². The Morgan fingerprint density at radius 3 is 2.61 bits per heavy atom. The lowest BCUT2D eigenvalue weighted by Crippen LogP contribution is -2.19. The Hall–Kier alpha value is -1.99. The number of hydrogen-bond acceptors (Lipinski definition) is 5. The molecule has 2 aliphatic rings. The van der Waals surface area contributed by atoms with Gasteiger partial charge in [-0.05, 0) is 86.1 Å². The third kappa shape index (κ3) is 4.48. The molecule has 1 saturated carbocycles. The summed E-state index contributed by atoms with van der Waals surface area (Å²) in [7, 11) is -3.48. The summed E-state index contributed by atoms with van der Waals surface area (Å²) in [5.74, 6) is -0.245. The Bertz CT molecular complexity index is 1120. The summed E-state index contributed by atoms with van der Waals surface area (Å²) in [6, 6.07) is 2.99. The fourth-order valence-corrected chi connectivity index (χ4v) is 5.87. The number of halogens is 1. The summed E-state index contributed by atoms with van der Waals surface area (Å²) in [4.78, 5) is 13.0. The van der Waals surface area contributed by atoms with Crippen LogP contribution >= 0.6 is 0 Å². The third-order valence-electron chi connectivity index (χ3n) is 6.67. The number of benzene rings is 1. The molecule has 2 aromatic rings. The van der Waals surface area contributed by atoms with Crippen molar-refractivity contribution in [2.24, 2.45) is 5.92 Å². The molecule has 168 valence electrons. The average Bonchev–Trinajstić information content (AvgIpc) is 3.17. The van der Waals surface area contributed by atoms with Crippen LogP contribution in [0.5, 0.6) is 0 Å². The molecule has 0 amide bonds. The van der Waals surface area contributed by atoms with Crippen molar-refractivity contribution in [3.05, 3.63) is 52.0 Å². The Kier molecular flexibility index (Phi) is 5.63. The number of Topliss-reactive ketones (excluding diaryl/α,β-unsaturated/α-hetero) is 1. The molecule has 4 rings (SSSR count). The van der Waals surface area contributed by atoms with Gasteiger partial charge in [-0.1, -0.05) is 6.92 Å². The molecule has 1 heterocycles. The van der Waals surface area contributed by atoms with Gasteiger partial charge >= 0.3 is 0 Å². The number of fused-ring (bicyclic) bond motifs is 1. The molecule has 2 N–H and O–H groups in total. The van der Waals surface area contributed by atoms with E-state index in [4.69, 9.17) is 9.20 Å². The first kappa shape index (κ1) is 22.2. The standard InChI is InChI=1S/C24H30FNO4S/c1-14(15-7-8-15)20-11-22(25)19-6-4-5-18(19)21(20)10-17(27)13-31(26,29)23-9-16(12-30-23)24(2,3)28/h9,11-12,14-15,26,28H,4-8,10,13H2,1-3H3/t14-,31+/m1/s1. The summed E-state index contributed by atoms with van der Waals surface area (Å²) < 4.78 is 41.2. The zero-order valence-electron chi connectivity index (χ0n) is 18.3. The van der Waals surface area contributed by atoms with E-state index in [1.165, 1.54) is 12.3 Å². The van der Waals surface area contributed by atoms with Crippen molar-refractivity contribution in [3.63, 3.8) is 0 Å². The molecule has 1 fully saturated rings. The van der Waals surface area contributed by atoms with E-state index in [1.807, 2.05) is 0 Å². The molecule has 0 aliphatic heterocycles. The SMILES string of the molecule is C[C@@H](c1cc(F)c2c(c1CC(=O)C[S@](=N)(=O)c1cc(C(C)(C)O)co1)CCC2)C1CC1. The van der Waals surface area contributed by atoms with E-state index in [9.17, 15) is 18.5 Å². The molecule has 2 atom stereocenters. The second-order valence-electron chi connectivity index (χ2n) is 9.61. The molecule has 0 radical (unpaired) electrons. The van der Waals surface area contributed by atoms with Crippen LogP contribution in [0.4, 0.5) is 4.39 Å². The van der Waals surface area contributed by atoms with Crippen LogP contribution in [0, 0.1) is 16.5 Å². The van der Waals surface area contributed by atoms with Crippen molar-refractivity contribution in [2.45, 2.75) is 75.9 Å². The van der Waals surface area contributed by atoms with Gasteiger partial charge in [-0.3, -0.25) is 4.79 Å². The minimum absolute atomic E-state index is 0.0595. The maximum absolute atomic E-state index is 14.7. The first-order valence-corrected chi connectivity index (χ1v) is 12.6. The van der Waals surface area contributed by atoms with Gasteiger partial charge in [-0.15, -0.1) is 0 Å². The van der Waals surface area contributed by atoms with Gasteiger partial charge in [0, 0.05) is 18.1 Å². The van der Waals surface area contributed by atoms with E-state index in [0.717, 1.165) is 42.4 Å². The number of rotatable bonds is 8. The van der Waals surface area contributed by atoms with E-state index < -0.39 is 21.1 Å². The molecule has 0 unspecified atom stereocenters. The van der Waals surface area contributed by atoms with Gasteiger partial charge in [0.25, 0.3) is 0 Å². The van der Waals surface area contributed by atoms with Crippen LogP contribution in [0.1, 0.15) is 73.8 Å². The molecular formula is C24H30FNO4S. The minimum Gasteiger partial charge on any atom is -0.454 e. The molecule has 7 heteroatoms. The predicted molar refractivity (Wildman–Crippen MR) is 116 cm³/mol. The van der Waals surface area contributed by atoms with Crippen LogP contribution in [-0.2, 0) is 39.4 Å². The van der Waals surface area contributed by atoms with Crippen LogP contribution in [0.3, 0.4) is 0 Å². The number of carbonyl (C=O) groups is 1. The van der Waals surface area contributed by atoms with Gasteiger partial charge in [0.05, 0.1) is 17.6 Å². The van der Waals surface area contributed by atoms with Crippen molar-refractivity contribution in [3.8, 4) is 0 Å². The van der Waals surface area contributed by atoms with E-state index in [-0.39, 0.29) is 29.0 Å². The number of aliphatic hydroxyl groups is 1. The van der Waals surface area contributed by atoms with Crippen molar-refractivity contribution < 1.29 is 22.9 Å². The summed E-state index contributed by atoms with van der Waals surface area (Å²) in [5.41, 5.74) is 2.64. The Labute approximate surface area is 183 Å². The predicted octanol–water partition coefficient (Wildman–Crippen LogP) is 4.87. The maximum atomic E-state index is 14.7. The second-order valence-corrected chi connectivity index (χ2v) is 11.7. The third-order valence-corrected chi connectivity index (χ3v) is 8.26. The van der Waals surface area contributed by atoms with Gasteiger partial charge in [-0.25, -0.2) is 13.4 Å². The average molecular weight is 448 g/mol. The van der Waals surface area contributed by atoms with E-state index in [1.54, 1.807) is 19.9 Å². The van der Waals surface area contributed by atoms with Gasteiger partial charge in [0.2, 0.25) is 0 Å². The number of nitrogens with one attached hydrogen (secondary N) is 1. The second kappa shape index (κ2) is 7.85. The highest BCUT2D eigenvalue weighted by atomic mass is 32.2. The topological polar surface area (TPSA) is 91.4 Å². The Balaban J connectivity index is 1.60. The van der Waals surface area contributed by atoms with Crippen molar-refractivity contribution >= 4 is 15.5 Å². The highest BCUT2D eigenvalue weighted by molar-refractivity contribution is 7.93. The quantitative estimate of drug-likeness (QED) is 0.604. The first-order valence-electron chi connectivity index (χ1n) is 10.9. The van der Waals surface area contributed by atoms with Gasteiger partial charge in [0.15, 0.2) is 10.9 Å². The molecule has 1 aromatic carbocycles. The number of hydrogen-bond donors (Lipinski definition) is 2. The summed E-state index contributed by atoms with van der Waals surface area (Å²) in [5, 5.41) is 9.97. The van der Waals surface area contributed by atoms with Gasteiger partial charge in [0.1, 0.15) is 15.5 Å². The monoisotopic (exact) mass is 447 g/mol. The molecule has 2 aliphatic carbocycles. The molecule has 0 saturated heterocycles. The number of ketones is 1. The van der Waals surface area contributed by atoms with Crippen LogP contribution in [0.2, 0.25) is 0 Å². The smallest absolute Gasteiger partial charge is 0.199 e. The zero-order valence-corrected chi connectivity index (χ0v) is 19.1. The fraction of sp³-hybridized carbons (Fsp3) is 0.542. The Morgan fingerprint density at radius 1 is 1.32 bits per heavy atom. The van der Waals surface area contributed by atoms with Gasteiger partial charge in [-0.2, -0.15) is 0 Å². The van der Waals surface area contributed by atoms with Crippen molar-refractivity contribution in [1.29, 1.82) is 4.78 Å². The number of carbonyl (C=O) groups excluding carboxylic acids is 1. The molecule has 31 heavy (non-hydrogen) atoms. The minimum atomic E-state index is -3.48. The molecule has 5 nitrogen and oxygen atoms in total. The van der Waals surface area contributed by atoms with E-state index in [2.05, 4.69) is 6.92 Å². The fourth-order valence-electron chi connectivity index (χ4n) is 4.65. The van der Waals surface area contributed by atoms with Crippen LogP contribution < -0.4 is 0 Å². The molecule has 0 bridgehead atoms. The summed E-state index contributed by atoms with van der Waals surface area (Å²) in [6.07, 6.45) is 5.88. The summed E-state index contributed by atoms with van der Waals surface area (Å²) >= 11 is 0. The number of furan rings is 1. The summed E-state index contributed by atoms with van der Waals surface area (Å²) in [6.45, 7) is 5.23. The highest BCUT2D eigenvalue weighted by Crippen LogP contribution is 2.45. The Morgan fingerprint density at radius 2 is 2.00 bits per heavy atom. The molecule has 1 aromatic heterocycles. The molecule has 0 spiro atoms. The van der Waals surface area contributed by atoms with Crippen LogP contribution in [-0.4, -0.2) is 20.9 Å². The largest absolute Gasteiger partial charge is 0.454 e.